The fraction of sp³-hybridized carbons (Fsp3) is 0.250. The van der Waals surface area contributed by atoms with Crippen LogP contribution in [-0.2, 0) is 10.2 Å². The summed E-state index contributed by atoms with van der Waals surface area (Å²) in [5.74, 6) is 0. The molecule has 4 nitrogen and oxygen atoms in total. The Morgan fingerprint density at radius 1 is 0.955 bits per heavy atom. The topological polar surface area (TPSA) is 40.6 Å². The van der Waals surface area contributed by atoms with Gasteiger partial charge >= 0.3 is 10.2 Å². The first kappa shape index (κ1) is 15.4. The number of halogens is 1. The van der Waals surface area contributed by atoms with Crippen molar-refractivity contribution in [1.82, 2.24) is 0 Å². The summed E-state index contributed by atoms with van der Waals surface area (Å²) in [6, 6.07) is 15.0. The van der Waals surface area contributed by atoms with Crippen LogP contribution < -0.4 is 8.61 Å². The highest BCUT2D eigenvalue weighted by Gasteiger charge is 2.41. The van der Waals surface area contributed by atoms with Gasteiger partial charge < -0.3 is 0 Å². The lowest BCUT2D eigenvalue weighted by Crippen LogP contribution is -2.36. The first-order chi connectivity index (χ1) is 10.6. The van der Waals surface area contributed by atoms with Crippen molar-refractivity contribution in [3.05, 3.63) is 54.1 Å². The van der Waals surface area contributed by atoms with E-state index in [0.717, 1.165) is 23.0 Å². The normalized spacial score (nSPS) is 15.9. The average Bonchev–Trinajstić information content (AvgIpc) is 2.72. The first-order valence-electron chi connectivity index (χ1n) is 7.11. The van der Waals surface area contributed by atoms with Gasteiger partial charge in [-0.2, -0.15) is 8.42 Å². The van der Waals surface area contributed by atoms with E-state index in [-0.39, 0.29) is 0 Å². The van der Waals surface area contributed by atoms with Crippen molar-refractivity contribution in [2.45, 2.75) is 13.3 Å². The number of anilines is 3. The molecule has 0 fully saturated rings. The monoisotopic (exact) mass is 380 g/mol. The van der Waals surface area contributed by atoms with Crippen LogP contribution in [0.2, 0.25) is 0 Å². The second-order valence-electron chi connectivity index (χ2n) is 5.16. The molecular weight excluding hydrogens is 364 g/mol. The van der Waals surface area contributed by atoms with E-state index in [1.54, 1.807) is 0 Å². The zero-order valence-electron chi connectivity index (χ0n) is 12.2. The van der Waals surface area contributed by atoms with Gasteiger partial charge in [-0.05, 0) is 37.1 Å². The minimum atomic E-state index is -3.59. The molecule has 0 atom stereocenters. The highest BCUT2D eigenvalue weighted by atomic mass is 79.9. The van der Waals surface area contributed by atoms with Crippen LogP contribution in [0, 0.1) is 6.92 Å². The van der Waals surface area contributed by atoms with Gasteiger partial charge in [0.2, 0.25) is 0 Å². The number of alkyl halides is 1. The molecule has 0 aliphatic carbocycles. The Balaban J connectivity index is 2.17. The number of benzene rings is 2. The third-order valence-electron chi connectivity index (χ3n) is 3.71. The van der Waals surface area contributed by atoms with Crippen LogP contribution in [0.25, 0.3) is 0 Å². The largest absolute Gasteiger partial charge is 0.330 e. The maximum absolute atomic E-state index is 13.0. The Morgan fingerprint density at radius 2 is 1.55 bits per heavy atom. The SMILES string of the molecule is Cc1ccccc1N1c2ccccc2N(CCCBr)S1(=O)=O. The van der Waals surface area contributed by atoms with Gasteiger partial charge in [-0.25, -0.2) is 4.31 Å². The van der Waals surface area contributed by atoms with E-state index >= 15 is 0 Å². The quantitative estimate of drug-likeness (QED) is 0.752. The molecule has 0 amide bonds. The summed E-state index contributed by atoms with van der Waals surface area (Å²) in [4.78, 5) is 0. The molecule has 0 unspecified atom stereocenters. The van der Waals surface area contributed by atoms with E-state index in [2.05, 4.69) is 15.9 Å². The Labute approximate surface area is 139 Å². The Hall–Kier alpha value is -1.53. The van der Waals surface area contributed by atoms with Crippen LogP contribution >= 0.6 is 15.9 Å². The second kappa shape index (κ2) is 5.93. The average molecular weight is 381 g/mol. The minimum absolute atomic E-state index is 0.465. The van der Waals surface area contributed by atoms with Crippen molar-refractivity contribution < 1.29 is 8.42 Å². The molecular formula is C16H17BrN2O2S. The summed E-state index contributed by atoms with van der Waals surface area (Å²) in [6.07, 6.45) is 0.759. The molecule has 2 aromatic rings. The molecule has 0 spiro atoms. The molecule has 0 saturated carbocycles. The lowest BCUT2D eigenvalue weighted by atomic mass is 10.2. The number of para-hydroxylation sites is 3. The van der Waals surface area contributed by atoms with Gasteiger partial charge in [0.05, 0.1) is 17.1 Å². The molecule has 1 aliphatic heterocycles. The minimum Gasteiger partial charge on any atom is -0.251 e. The molecule has 22 heavy (non-hydrogen) atoms. The van der Waals surface area contributed by atoms with Crippen molar-refractivity contribution in [3.63, 3.8) is 0 Å². The fourth-order valence-corrected chi connectivity index (χ4v) is 4.75. The zero-order valence-corrected chi connectivity index (χ0v) is 14.6. The standard InChI is InChI=1S/C16H17BrN2O2S/c1-13-7-2-3-8-14(13)19-16-10-5-4-9-15(16)18(12-6-11-17)22(19,20)21/h2-5,7-10H,6,11-12H2,1H3. The van der Waals surface area contributed by atoms with Gasteiger partial charge in [-0.3, -0.25) is 4.31 Å². The highest BCUT2D eigenvalue weighted by molar-refractivity contribution is 9.09. The molecule has 0 saturated heterocycles. The van der Waals surface area contributed by atoms with Gasteiger partial charge in [0.25, 0.3) is 0 Å². The van der Waals surface area contributed by atoms with Crippen LogP contribution in [0.1, 0.15) is 12.0 Å². The fourth-order valence-electron chi connectivity index (χ4n) is 2.68. The Bertz CT molecular complexity index is 792. The third kappa shape index (κ3) is 2.40. The molecule has 1 aliphatic rings. The van der Waals surface area contributed by atoms with Gasteiger partial charge in [-0.15, -0.1) is 0 Å². The van der Waals surface area contributed by atoms with Crippen LogP contribution in [0.15, 0.2) is 48.5 Å². The summed E-state index contributed by atoms with van der Waals surface area (Å²) < 4.78 is 29.0. The van der Waals surface area contributed by atoms with Gasteiger partial charge in [0.1, 0.15) is 0 Å². The van der Waals surface area contributed by atoms with Crippen molar-refractivity contribution in [2.75, 3.05) is 20.5 Å². The Morgan fingerprint density at radius 3 is 2.18 bits per heavy atom. The summed E-state index contributed by atoms with van der Waals surface area (Å²) in [5, 5.41) is 0.769. The lowest BCUT2D eigenvalue weighted by Gasteiger charge is -2.22. The molecule has 0 radical (unpaired) electrons. The van der Waals surface area contributed by atoms with E-state index < -0.39 is 10.2 Å². The van der Waals surface area contributed by atoms with Crippen LogP contribution in [0.5, 0.6) is 0 Å². The first-order valence-corrected chi connectivity index (χ1v) is 9.63. The molecule has 1 heterocycles. The molecule has 0 aromatic heterocycles. The maximum atomic E-state index is 13.0. The van der Waals surface area contributed by atoms with Crippen molar-refractivity contribution in [3.8, 4) is 0 Å². The molecule has 2 aromatic carbocycles. The van der Waals surface area contributed by atoms with Gasteiger partial charge in [0, 0.05) is 11.9 Å². The van der Waals surface area contributed by atoms with Crippen molar-refractivity contribution in [2.24, 2.45) is 0 Å². The predicted octanol–water partition coefficient (Wildman–Crippen LogP) is 3.98. The van der Waals surface area contributed by atoms with E-state index in [9.17, 15) is 8.42 Å². The van der Waals surface area contributed by atoms with E-state index in [1.807, 2.05) is 55.5 Å². The summed E-state index contributed by atoms with van der Waals surface area (Å²) in [6.45, 7) is 2.39. The van der Waals surface area contributed by atoms with Gasteiger partial charge in [-0.1, -0.05) is 46.3 Å². The van der Waals surface area contributed by atoms with E-state index in [0.29, 0.717) is 17.9 Å². The maximum Gasteiger partial charge on any atom is 0.330 e. The summed E-state index contributed by atoms with van der Waals surface area (Å²) in [5.41, 5.74) is 3.09. The van der Waals surface area contributed by atoms with Crippen LogP contribution in [-0.4, -0.2) is 20.3 Å². The second-order valence-corrected chi connectivity index (χ2v) is 7.66. The van der Waals surface area contributed by atoms with Crippen LogP contribution in [0.3, 0.4) is 0 Å². The molecule has 6 heteroatoms. The summed E-state index contributed by atoms with van der Waals surface area (Å²) in [7, 11) is -3.59. The third-order valence-corrected chi connectivity index (χ3v) is 6.06. The zero-order chi connectivity index (χ0) is 15.7. The molecule has 3 rings (SSSR count). The number of fused-ring (bicyclic) bond motifs is 1. The summed E-state index contributed by atoms with van der Waals surface area (Å²) >= 11 is 3.37. The number of rotatable bonds is 4. The van der Waals surface area contributed by atoms with Gasteiger partial charge in [0.15, 0.2) is 0 Å². The number of hydrogen-bond donors (Lipinski definition) is 0. The lowest BCUT2D eigenvalue weighted by molar-refractivity contribution is 0.593. The van der Waals surface area contributed by atoms with E-state index in [1.165, 1.54) is 8.61 Å². The highest BCUT2D eigenvalue weighted by Crippen LogP contribution is 2.45. The van der Waals surface area contributed by atoms with Crippen LogP contribution in [0.4, 0.5) is 17.1 Å². The molecule has 0 bridgehead atoms. The molecule has 116 valence electrons. The predicted molar refractivity (Wildman–Crippen MR) is 94.4 cm³/mol. The Kier molecular flexibility index (Phi) is 4.14. The van der Waals surface area contributed by atoms with Crippen molar-refractivity contribution >= 4 is 43.2 Å². The number of hydrogen-bond acceptors (Lipinski definition) is 2. The molecule has 0 N–H and O–H groups in total. The number of aryl methyl sites for hydroxylation is 1. The van der Waals surface area contributed by atoms with E-state index in [4.69, 9.17) is 0 Å². The van der Waals surface area contributed by atoms with Crippen molar-refractivity contribution in [1.29, 1.82) is 0 Å². The smallest absolute Gasteiger partial charge is 0.251 e. The number of nitrogens with zero attached hydrogens (tertiary/aromatic N) is 2.